The highest BCUT2D eigenvalue weighted by atomic mass is 32.1. The third-order valence-corrected chi connectivity index (χ3v) is 2.09. The number of carbonyl (C=O) groups is 1. The number of fused-ring (bicyclic) bond motifs is 1. The van der Waals surface area contributed by atoms with Crippen molar-refractivity contribution in [1.82, 2.24) is 0 Å². The second-order valence-corrected chi connectivity index (χ2v) is 3.09. The summed E-state index contributed by atoms with van der Waals surface area (Å²) in [6.07, 6.45) is 0. The van der Waals surface area contributed by atoms with E-state index in [1.54, 1.807) is 18.2 Å². The molecule has 0 saturated carbocycles. The maximum absolute atomic E-state index is 11.0. The smallest absolute Gasteiger partial charge is 0.234 e. The Morgan fingerprint density at radius 3 is 3.00 bits per heavy atom. The van der Waals surface area contributed by atoms with Gasteiger partial charge in [0.25, 0.3) is 0 Å². The average molecular weight is 211 g/mol. The van der Waals surface area contributed by atoms with Crippen molar-refractivity contribution >= 4 is 24.2 Å². The van der Waals surface area contributed by atoms with Gasteiger partial charge in [-0.05, 0) is 12.1 Å². The molecule has 5 heteroatoms. The van der Waals surface area contributed by atoms with Crippen molar-refractivity contribution < 1.29 is 14.3 Å². The summed E-state index contributed by atoms with van der Waals surface area (Å²) in [7, 11) is 0. The van der Waals surface area contributed by atoms with Gasteiger partial charge >= 0.3 is 0 Å². The minimum Gasteiger partial charge on any atom is -0.454 e. The molecule has 4 nitrogen and oxygen atoms in total. The molecule has 0 unspecified atom stereocenters. The normalized spacial score (nSPS) is 12.6. The predicted molar refractivity (Wildman–Crippen MR) is 55.0 cm³/mol. The first-order valence-electron chi connectivity index (χ1n) is 4.10. The number of hydrogen-bond acceptors (Lipinski definition) is 4. The SMILES string of the molecule is O=C(CS)Nc1ccc2c(c1)OCO2. The number of thiol groups is 1. The highest BCUT2D eigenvalue weighted by Crippen LogP contribution is 2.34. The minimum atomic E-state index is -0.146. The number of hydrogen-bond donors (Lipinski definition) is 2. The van der Waals surface area contributed by atoms with E-state index < -0.39 is 0 Å². The van der Waals surface area contributed by atoms with E-state index in [1.807, 2.05) is 0 Å². The summed E-state index contributed by atoms with van der Waals surface area (Å²) in [6.45, 7) is 0.235. The standard InChI is InChI=1S/C9H9NO3S/c11-9(4-14)10-6-1-2-7-8(3-6)13-5-12-7/h1-3,14H,4-5H2,(H,10,11). The van der Waals surface area contributed by atoms with Crippen molar-refractivity contribution in [2.75, 3.05) is 17.9 Å². The van der Waals surface area contributed by atoms with Gasteiger partial charge in [0.05, 0.1) is 5.75 Å². The fourth-order valence-corrected chi connectivity index (χ4v) is 1.25. The number of amides is 1. The zero-order valence-electron chi connectivity index (χ0n) is 7.32. The lowest BCUT2D eigenvalue weighted by Crippen LogP contribution is -2.12. The van der Waals surface area contributed by atoms with Crippen molar-refractivity contribution in [3.8, 4) is 11.5 Å². The Morgan fingerprint density at radius 1 is 1.43 bits per heavy atom. The molecule has 2 rings (SSSR count). The van der Waals surface area contributed by atoms with Crippen LogP contribution in [0.3, 0.4) is 0 Å². The van der Waals surface area contributed by atoms with E-state index in [1.165, 1.54) is 0 Å². The van der Waals surface area contributed by atoms with Crippen molar-refractivity contribution in [3.05, 3.63) is 18.2 Å². The highest BCUT2D eigenvalue weighted by Gasteiger charge is 2.13. The summed E-state index contributed by atoms with van der Waals surface area (Å²) in [5.41, 5.74) is 0.688. The van der Waals surface area contributed by atoms with E-state index in [4.69, 9.17) is 9.47 Å². The zero-order valence-corrected chi connectivity index (χ0v) is 8.21. The number of benzene rings is 1. The van der Waals surface area contributed by atoms with Crippen LogP contribution in [0.4, 0.5) is 5.69 Å². The number of ether oxygens (including phenoxy) is 2. The summed E-state index contributed by atoms with van der Waals surface area (Å²) >= 11 is 3.86. The molecule has 1 aliphatic heterocycles. The number of anilines is 1. The van der Waals surface area contributed by atoms with Gasteiger partial charge in [0.15, 0.2) is 11.5 Å². The first-order valence-corrected chi connectivity index (χ1v) is 4.73. The van der Waals surface area contributed by atoms with Gasteiger partial charge < -0.3 is 14.8 Å². The van der Waals surface area contributed by atoms with Crippen molar-refractivity contribution in [1.29, 1.82) is 0 Å². The lowest BCUT2D eigenvalue weighted by Gasteiger charge is -2.03. The van der Waals surface area contributed by atoms with Gasteiger partial charge in [-0.25, -0.2) is 0 Å². The molecule has 0 bridgehead atoms. The predicted octanol–water partition coefficient (Wildman–Crippen LogP) is 1.28. The van der Waals surface area contributed by atoms with E-state index in [0.29, 0.717) is 17.2 Å². The van der Waals surface area contributed by atoms with Crippen LogP contribution in [0.2, 0.25) is 0 Å². The summed E-state index contributed by atoms with van der Waals surface area (Å²) in [4.78, 5) is 11.0. The molecule has 1 N–H and O–H groups in total. The summed E-state index contributed by atoms with van der Waals surface area (Å²) in [6, 6.07) is 5.25. The molecule has 0 atom stereocenters. The van der Waals surface area contributed by atoms with Gasteiger partial charge in [-0.1, -0.05) is 0 Å². The molecule has 74 valence electrons. The van der Waals surface area contributed by atoms with E-state index in [9.17, 15) is 4.79 Å². The Labute approximate surface area is 86.6 Å². The minimum absolute atomic E-state index is 0.146. The van der Waals surface area contributed by atoms with Crippen molar-refractivity contribution in [2.45, 2.75) is 0 Å². The molecule has 1 aliphatic rings. The molecule has 0 aliphatic carbocycles. The third kappa shape index (κ3) is 1.77. The van der Waals surface area contributed by atoms with Gasteiger partial charge in [-0.3, -0.25) is 4.79 Å². The van der Waals surface area contributed by atoms with Crippen LogP contribution in [0.5, 0.6) is 11.5 Å². The van der Waals surface area contributed by atoms with Gasteiger partial charge in [0.1, 0.15) is 0 Å². The number of carbonyl (C=O) groups excluding carboxylic acids is 1. The van der Waals surface area contributed by atoms with E-state index >= 15 is 0 Å². The van der Waals surface area contributed by atoms with Crippen molar-refractivity contribution in [3.63, 3.8) is 0 Å². The Morgan fingerprint density at radius 2 is 2.21 bits per heavy atom. The molecule has 1 heterocycles. The molecule has 0 saturated heterocycles. The van der Waals surface area contributed by atoms with E-state index in [-0.39, 0.29) is 18.5 Å². The molecular weight excluding hydrogens is 202 g/mol. The maximum atomic E-state index is 11.0. The van der Waals surface area contributed by atoms with Gasteiger partial charge in [0.2, 0.25) is 12.7 Å². The fourth-order valence-electron chi connectivity index (χ4n) is 1.17. The summed E-state index contributed by atoms with van der Waals surface area (Å²) in [5.74, 6) is 1.37. The lowest BCUT2D eigenvalue weighted by atomic mass is 10.3. The van der Waals surface area contributed by atoms with E-state index in [2.05, 4.69) is 17.9 Å². The van der Waals surface area contributed by atoms with Crippen LogP contribution in [-0.2, 0) is 4.79 Å². The Kier molecular flexibility index (Phi) is 2.49. The Balaban J connectivity index is 2.16. The largest absolute Gasteiger partial charge is 0.454 e. The van der Waals surface area contributed by atoms with Crippen LogP contribution in [0.25, 0.3) is 0 Å². The van der Waals surface area contributed by atoms with E-state index in [0.717, 1.165) is 0 Å². The van der Waals surface area contributed by atoms with Crippen LogP contribution in [0.1, 0.15) is 0 Å². The van der Waals surface area contributed by atoms with Crippen molar-refractivity contribution in [2.24, 2.45) is 0 Å². The monoisotopic (exact) mass is 211 g/mol. The maximum Gasteiger partial charge on any atom is 0.234 e. The summed E-state index contributed by atoms with van der Waals surface area (Å²) in [5, 5.41) is 2.67. The van der Waals surface area contributed by atoms with Crippen LogP contribution < -0.4 is 14.8 Å². The Bertz CT molecular complexity index is 367. The average Bonchev–Trinajstić information content (AvgIpc) is 2.64. The lowest BCUT2D eigenvalue weighted by molar-refractivity contribution is -0.113. The van der Waals surface area contributed by atoms with Gasteiger partial charge in [0, 0.05) is 11.8 Å². The van der Waals surface area contributed by atoms with Gasteiger partial charge in [-0.15, -0.1) is 0 Å². The Hall–Kier alpha value is -1.36. The van der Waals surface area contributed by atoms with Crippen LogP contribution in [-0.4, -0.2) is 18.5 Å². The van der Waals surface area contributed by atoms with Crippen LogP contribution in [0.15, 0.2) is 18.2 Å². The molecule has 0 radical (unpaired) electrons. The first-order chi connectivity index (χ1) is 6.79. The third-order valence-electron chi connectivity index (χ3n) is 1.80. The first kappa shape index (κ1) is 9.21. The molecule has 1 aromatic carbocycles. The van der Waals surface area contributed by atoms with Gasteiger partial charge in [-0.2, -0.15) is 12.6 Å². The molecule has 0 fully saturated rings. The quantitative estimate of drug-likeness (QED) is 0.724. The zero-order chi connectivity index (χ0) is 9.97. The van der Waals surface area contributed by atoms with Crippen LogP contribution in [0, 0.1) is 0 Å². The number of rotatable bonds is 2. The molecule has 0 spiro atoms. The fraction of sp³-hybridized carbons (Fsp3) is 0.222. The molecule has 1 aromatic rings. The molecule has 1 amide bonds. The second-order valence-electron chi connectivity index (χ2n) is 2.77. The molecular formula is C9H9NO3S. The highest BCUT2D eigenvalue weighted by molar-refractivity contribution is 7.81. The van der Waals surface area contributed by atoms with Crippen LogP contribution >= 0.6 is 12.6 Å². The topological polar surface area (TPSA) is 47.6 Å². The molecule has 14 heavy (non-hydrogen) atoms. The number of nitrogens with one attached hydrogen (secondary N) is 1. The molecule has 0 aromatic heterocycles. The second kappa shape index (κ2) is 3.79. The summed E-state index contributed by atoms with van der Waals surface area (Å²) < 4.78 is 10.3.